The summed E-state index contributed by atoms with van der Waals surface area (Å²) in [5, 5.41) is 14.7. The van der Waals surface area contributed by atoms with E-state index < -0.39 is 0 Å². The fourth-order valence-corrected chi connectivity index (χ4v) is 8.34. The minimum atomic E-state index is -0.350. The lowest BCUT2D eigenvalue weighted by molar-refractivity contribution is -0.127. The maximum absolute atomic E-state index is 13.4. The number of likely N-dealkylation sites (tertiary alicyclic amines) is 1. The van der Waals surface area contributed by atoms with Crippen molar-refractivity contribution in [3.63, 3.8) is 0 Å². The van der Waals surface area contributed by atoms with E-state index in [4.69, 9.17) is 4.74 Å². The van der Waals surface area contributed by atoms with Crippen molar-refractivity contribution in [2.75, 3.05) is 19.6 Å². The van der Waals surface area contributed by atoms with Gasteiger partial charge in [-0.1, -0.05) is 42.5 Å². The molecule has 1 aliphatic heterocycles. The number of hydrogen-bond donors (Lipinski definition) is 2. The Kier molecular flexibility index (Phi) is 7.74. The zero-order valence-electron chi connectivity index (χ0n) is 26.0. The molecule has 3 aromatic rings. The lowest BCUT2D eigenvalue weighted by atomic mass is 9.51. The van der Waals surface area contributed by atoms with Crippen LogP contribution in [0.1, 0.15) is 79.4 Å². The molecule has 1 amide bonds. The van der Waals surface area contributed by atoms with Crippen molar-refractivity contribution in [3.05, 3.63) is 82.9 Å². The highest BCUT2D eigenvalue weighted by atomic mass is 16.5. The van der Waals surface area contributed by atoms with E-state index in [1.54, 1.807) is 6.07 Å². The van der Waals surface area contributed by atoms with E-state index in [1.165, 1.54) is 12.8 Å². The molecule has 230 valence electrons. The smallest absolute Gasteiger partial charge is 0.255 e. The molecule has 3 aliphatic carbocycles. The second kappa shape index (κ2) is 11.7. The van der Waals surface area contributed by atoms with Crippen molar-refractivity contribution in [2.24, 2.45) is 11.8 Å². The van der Waals surface area contributed by atoms with Crippen molar-refractivity contribution >= 4 is 11.7 Å². The van der Waals surface area contributed by atoms with Crippen LogP contribution in [0, 0.1) is 11.8 Å². The van der Waals surface area contributed by atoms with Gasteiger partial charge in [0.25, 0.3) is 5.91 Å². The molecular formula is C38H44N2O4. The van der Waals surface area contributed by atoms with Crippen LogP contribution in [-0.4, -0.2) is 53.5 Å². The average molecular weight is 593 g/mol. The van der Waals surface area contributed by atoms with Crippen LogP contribution in [-0.2, 0) is 23.1 Å². The van der Waals surface area contributed by atoms with Gasteiger partial charge >= 0.3 is 0 Å². The number of hydrogen-bond acceptors (Lipinski definition) is 5. The molecule has 2 N–H and O–H groups in total. The summed E-state index contributed by atoms with van der Waals surface area (Å²) in [6.07, 6.45) is 7.29. The summed E-state index contributed by atoms with van der Waals surface area (Å²) in [4.78, 5) is 28.9. The van der Waals surface area contributed by atoms with E-state index in [-0.39, 0.29) is 23.2 Å². The van der Waals surface area contributed by atoms with Gasteiger partial charge in [0.2, 0.25) is 0 Å². The Hall–Kier alpha value is -3.64. The first-order chi connectivity index (χ1) is 21.3. The number of benzene rings is 3. The Balaban J connectivity index is 1.03. The third-order valence-corrected chi connectivity index (χ3v) is 10.6. The Morgan fingerprint density at radius 1 is 1.02 bits per heavy atom. The van der Waals surface area contributed by atoms with Gasteiger partial charge in [0, 0.05) is 43.0 Å². The molecule has 0 spiro atoms. The lowest BCUT2D eigenvalue weighted by Gasteiger charge is -2.58. The maximum Gasteiger partial charge on any atom is 0.255 e. The first kappa shape index (κ1) is 29.1. The summed E-state index contributed by atoms with van der Waals surface area (Å²) < 4.78 is 5.75. The van der Waals surface area contributed by atoms with Crippen LogP contribution in [0.25, 0.3) is 11.1 Å². The summed E-state index contributed by atoms with van der Waals surface area (Å²) in [5.74, 6) is 2.19. The number of aromatic hydroxyl groups is 1. The second-order valence-corrected chi connectivity index (χ2v) is 13.9. The Bertz CT molecular complexity index is 1540. The fourth-order valence-electron chi connectivity index (χ4n) is 8.34. The van der Waals surface area contributed by atoms with Gasteiger partial charge in [-0.25, -0.2) is 0 Å². The van der Waals surface area contributed by atoms with Gasteiger partial charge in [0.05, 0.1) is 11.7 Å². The number of nitrogens with zero attached hydrogens (tertiary/aromatic N) is 1. The molecule has 3 aromatic carbocycles. The maximum atomic E-state index is 13.4. The molecule has 2 saturated carbocycles. The standard InChI is InChI=1S/C38H44N2O4/c1-24(2)44-31-13-9-28(10-14-31)27-7-5-25(6-8-27)17-19-39-37(43)32-15-11-29-21-34-33-16-12-30(41)22-38(33,35(29)36(32)42)18-20-40(34)23-26-3-4-26/h5-11,13-15,24,26,33-34,42H,3-4,12,16-23H2,1-2H3,(H,39,43)/t33-,34+,38?/m0/s1. The van der Waals surface area contributed by atoms with Crippen LogP contribution in [0.4, 0.5) is 0 Å². The molecule has 6 heteroatoms. The van der Waals surface area contributed by atoms with Gasteiger partial charge in [-0.3, -0.25) is 14.5 Å². The number of ether oxygens (including phenoxy) is 1. The molecule has 3 atom stereocenters. The van der Waals surface area contributed by atoms with E-state index in [0.717, 1.165) is 71.8 Å². The molecule has 1 heterocycles. The highest BCUT2D eigenvalue weighted by molar-refractivity contribution is 5.98. The normalized spacial score (nSPS) is 24.5. The van der Waals surface area contributed by atoms with Gasteiger partial charge in [-0.2, -0.15) is 0 Å². The van der Waals surface area contributed by atoms with Gasteiger partial charge in [0.15, 0.2) is 0 Å². The van der Waals surface area contributed by atoms with Crippen LogP contribution in [0.2, 0.25) is 0 Å². The fraction of sp³-hybridized carbons (Fsp3) is 0.474. The lowest BCUT2D eigenvalue weighted by Crippen LogP contribution is -2.62. The number of ketones is 1. The molecule has 0 radical (unpaired) electrons. The number of carbonyl (C=O) groups is 2. The van der Waals surface area contributed by atoms with E-state index >= 15 is 0 Å². The summed E-state index contributed by atoms with van der Waals surface area (Å²) in [5.41, 5.74) is 5.39. The summed E-state index contributed by atoms with van der Waals surface area (Å²) in [6.45, 7) is 6.64. The zero-order chi connectivity index (χ0) is 30.4. The molecule has 1 unspecified atom stereocenters. The van der Waals surface area contributed by atoms with Crippen molar-refractivity contribution in [1.82, 2.24) is 10.2 Å². The number of fused-ring (bicyclic) bond motifs is 1. The molecule has 4 aliphatic rings. The van der Waals surface area contributed by atoms with E-state index in [9.17, 15) is 14.7 Å². The van der Waals surface area contributed by atoms with Crippen LogP contribution in [0.3, 0.4) is 0 Å². The van der Waals surface area contributed by atoms with E-state index in [0.29, 0.717) is 49.1 Å². The highest BCUT2D eigenvalue weighted by Gasteiger charge is 2.57. The van der Waals surface area contributed by atoms with Gasteiger partial charge < -0.3 is 15.2 Å². The SMILES string of the molecule is CC(C)Oc1ccc(-c2ccc(CCNC(=O)c3ccc4c(c3O)C35CCN(CC6CC6)[C@H](C4)[C@@H]3CCC(=O)C5)cc2)cc1. The van der Waals surface area contributed by atoms with Crippen LogP contribution in [0.15, 0.2) is 60.7 Å². The minimum Gasteiger partial charge on any atom is -0.507 e. The average Bonchev–Trinajstić information content (AvgIpc) is 3.83. The topological polar surface area (TPSA) is 78.9 Å². The number of phenolic OH excluding ortho intramolecular Hbond substituents is 1. The monoisotopic (exact) mass is 592 g/mol. The van der Waals surface area contributed by atoms with Crippen molar-refractivity contribution in [1.29, 1.82) is 0 Å². The van der Waals surface area contributed by atoms with E-state index in [1.807, 2.05) is 26.0 Å². The number of piperidine rings is 1. The molecule has 3 fully saturated rings. The largest absolute Gasteiger partial charge is 0.507 e. The quantitative estimate of drug-likeness (QED) is 0.298. The first-order valence-corrected chi connectivity index (χ1v) is 16.6. The Morgan fingerprint density at radius 3 is 2.45 bits per heavy atom. The Labute approximate surface area is 260 Å². The molecule has 6 nitrogen and oxygen atoms in total. The number of phenols is 1. The summed E-state index contributed by atoms with van der Waals surface area (Å²) in [7, 11) is 0. The number of carbonyl (C=O) groups excluding carboxylic acids is 2. The van der Waals surface area contributed by atoms with Gasteiger partial charge in [-0.15, -0.1) is 0 Å². The predicted octanol–water partition coefficient (Wildman–Crippen LogP) is 6.47. The number of Topliss-reactive ketones (excluding diaryl/α,β-unsaturated/α-hetero) is 1. The van der Waals surface area contributed by atoms with Gasteiger partial charge in [0.1, 0.15) is 17.3 Å². The zero-order valence-corrected chi connectivity index (χ0v) is 26.0. The predicted molar refractivity (Wildman–Crippen MR) is 172 cm³/mol. The Morgan fingerprint density at radius 2 is 1.75 bits per heavy atom. The molecule has 7 rings (SSSR count). The third kappa shape index (κ3) is 5.53. The molecule has 44 heavy (non-hydrogen) atoms. The summed E-state index contributed by atoms with van der Waals surface area (Å²) in [6, 6.07) is 20.8. The number of rotatable bonds is 9. The second-order valence-electron chi connectivity index (χ2n) is 13.9. The molecule has 2 bridgehead atoms. The third-order valence-electron chi connectivity index (χ3n) is 10.6. The van der Waals surface area contributed by atoms with E-state index in [2.05, 4.69) is 52.7 Å². The number of amides is 1. The molecule has 0 aromatic heterocycles. The summed E-state index contributed by atoms with van der Waals surface area (Å²) >= 11 is 0. The van der Waals surface area contributed by atoms with Crippen LogP contribution >= 0.6 is 0 Å². The molecule has 1 saturated heterocycles. The first-order valence-electron chi connectivity index (χ1n) is 16.6. The van der Waals surface area contributed by atoms with Crippen LogP contribution < -0.4 is 10.1 Å². The van der Waals surface area contributed by atoms with Crippen molar-refractivity contribution < 1.29 is 19.4 Å². The van der Waals surface area contributed by atoms with Crippen molar-refractivity contribution in [2.45, 2.75) is 82.8 Å². The highest BCUT2D eigenvalue weighted by Crippen LogP contribution is 2.58. The van der Waals surface area contributed by atoms with Crippen LogP contribution in [0.5, 0.6) is 11.5 Å². The van der Waals surface area contributed by atoms with Crippen molar-refractivity contribution in [3.8, 4) is 22.6 Å². The molecular weight excluding hydrogens is 548 g/mol. The number of nitrogens with one attached hydrogen (secondary N) is 1. The minimum absolute atomic E-state index is 0.1000. The van der Waals surface area contributed by atoms with Gasteiger partial charge in [-0.05, 0) is 111 Å².